The molecule has 0 aromatic heterocycles. The lowest BCUT2D eigenvalue weighted by molar-refractivity contribution is -0.130. The van der Waals surface area contributed by atoms with Crippen LogP contribution < -0.4 is 10.6 Å². The summed E-state index contributed by atoms with van der Waals surface area (Å²) in [5, 5.41) is 6.18. The fourth-order valence-electron chi connectivity index (χ4n) is 3.22. The average molecular weight is 333 g/mol. The van der Waals surface area contributed by atoms with Crippen LogP contribution in [0, 0.1) is 11.3 Å². The van der Waals surface area contributed by atoms with Gasteiger partial charge in [-0.3, -0.25) is 4.79 Å². The van der Waals surface area contributed by atoms with Crippen LogP contribution in [0.15, 0.2) is 0 Å². The summed E-state index contributed by atoms with van der Waals surface area (Å²) in [6.45, 7) is 7.05. The number of nitrogens with zero attached hydrogens (tertiary/aromatic N) is 1. The molecule has 0 aromatic rings. The molecule has 2 saturated heterocycles. The van der Waals surface area contributed by atoms with E-state index in [4.69, 9.17) is 4.74 Å². The molecule has 0 aromatic carbocycles. The first-order valence-electron chi connectivity index (χ1n) is 7.81. The number of amides is 1. The summed E-state index contributed by atoms with van der Waals surface area (Å²) in [4.78, 5) is 12.6. The number of hydrogen-bond donors (Lipinski definition) is 2. The van der Waals surface area contributed by atoms with Gasteiger partial charge in [0.1, 0.15) is 0 Å². The van der Waals surface area contributed by atoms with Crippen LogP contribution in [0.5, 0.6) is 0 Å². The second kappa shape index (κ2) is 6.82. The predicted molar refractivity (Wildman–Crippen MR) is 83.9 cm³/mol. The smallest absolute Gasteiger partial charge is 0.229 e. The van der Waals surface area contributed by atoms with Gasteiger partial charge < -0.3 is 15.4 Å². The van der Waals surface area contributed by atoms with Crippen LogP contribution in [0.2, 0.25) is 0 Å². The normalized spacial score (nSPS) is 29.0. The molecule has 22 heavy (non-hydrogen) atoms. The van der Waals surface area contributed by atoms with Crippen molar-refractivity contribution in [1.29, 1.82) is 0 Å². The van der Waals surface area contributed by atoms with E-state index in [-0.39, 0.29) is 24.5 Å². The lowest BCUT2D eigenvalue weighted by Crippen LogP contribution is -2.48. The Morgan fingerprint density at radius 2 is 2.23 bits per heavy atom. The van der Waals surface area contributed by atoms with Gasteiger partial charge in [-0.25, -0.2) is 12.7 Å². The summed E-state index contributed by atoms with van der Waals surface area (Å²) in [6, 6.07) is 0. The van der Waals surface area contributed by atoms with Crippen molar-refractivity contribution in [3.8, 4) is 0 Å². The zero-order valence-electron chi connectivity index (χ0n) is 13.6. The van der Waals surface area contributed by atoms with E-state index in [1.54, 1.807) is 0 Å². The highest BCUT2D eigenvalue weighted by Gasteiger charge is 2.56. The Bertz CT molecular complexity index is 508. The van der Waals surface area contributed by atoms with Gasteiger partial charge in [-0.15, -0.1) is 0 Å². The molecule has 2 rings (SSSR count). The molecule has 2 aliphatic heterocycles. The van der Waals surface area contributed by atoms with Gasteiger partial charge in [-0.2, -0.15) is 0 Å². The summed E-state index contributed by atoms with van der Waals surface area (Å²) in [5.41, 5.74) is -0.623. The largest absolute Gasteiger partial charge is 0.379 e. The van der Waals surface area contributed by atoms with Crippen molar-refractivity contribution >= 4 is 15.9 Å². The zero-order chi connectivity index (χ0) is 16.4. The number of carbonyl (C=O) groups is 1. The average Bonchev–Trinajstić information content (AvgIpc) is 2.94. The number of fused-ring (bicyclic) bond motifs is 1. The van der Waals surface area contributed by atoms with Crippen LogP contribution in [0.3, 0.4) is 0 Å². The van der Waals surface area contributed by atoms with Crippen molar-refractivity contribution in [2.24, 2.45) is 11.3 Å². The Hall–Kier alpha value is -0.700. The Labute approximate surface area is 132 Å². The number of sulfonamides is 1. The van der Waals surface area contributed by atoms with Crippen molar-refractivity contribution in [2.75, 3.05) is 45.6 Å². The number of rotatable bonds is 7. The highest BCUT2D eigenvalue weighted by atomic mass is 32.2. The Morgan fingerprint density at radius 3 is 2.86 bits per heavy atom. The van der Waals surface area contributed by atoms with Crippen molar-refractivity contribution in [2.45, 2.75) is 26.4 Å². The molecule has 0 bridgehead atoms. The number of carbonyl (C=O) groups excluding carboxylic acids is 1. The summed E-state index contributed by atoms with van der Waals surface area (Å²) in [6.07, 6.45) is 2.15. The second-order valence-corrected chi connectivity index (χ2v) is 8.55. The Balaban J connectivity index is 1.90. The summed E-state index contributed by atoms with van der Waals surface area (Å²) in [7, 11) is -3.25. The van der Waals surface area contributed by atoms with E-state index >= 15 is 0 Å². The molecule has 0 aliphatic carbocycles. The van der Waals surface area contributed by atoms with E-state index in [0.29, 0.717) is 32.8 Å². The van der Waals surface area contributed by atoms with E-state index < -0.39 is 15.4 Å². The van der Waals surface area contributed by atoms with Crippen LogP contribution in [0.4, 0.5) is 0 Å². The third-order valence-corrected chi connectivity index (χ3v) is 5.69. The maximum Gasteiger partial charge on any atom is 0.229 e. The van der Waals surface area contributed by atoms with Crippen LogP contribution in [-0.2, 0) is 19.6 Å². The molecule has 128 valence electrons. The molecule has 1 amide bonds. The minimum absolute atomic E-state index is 0.0433. The third-order valence-electron chi connectivity index (χ3n) is 4.47. The van der Waals surface area contributed by atoms with Crippen molar-refractivity contribution < 1.29 is 17.9 Å². The molecule has 2 atom stereocenters. The lowest BCUT2D eigenvalue weighted by Gasteiger charge is -2.26. The number of nitrogens with one attached hydrogen (secondary N) is 2. The Kier molecular flexibility index (Phi) is 5.47. The molecule has 0 radical (unpaired) electrons. The maximum absolute atomic E-state index is 12.6. The summed E-state index contributed by atoms with van der Waals surface area (Å²) < 4.78 is 30.4. The molecule has 2 N–H and O–H groups in total. The molecular formula is C14H27N3O4S. The fraction of sp³-hybridized carbons (Fsp3) is 0.929. The van der Waals surface area contributed by atoms with Gasteiger partial charge in [0.05, 0.1) is 17.8 Å². The van der Waals surface area contributed by atoms with Gasteiger partial charge in [-0.1, -0.05) is 0 Å². The first-order chi connectivity index (χ1) is 10.3. The van der Waals surface area contributed by atoms with Gasteiger partial charge in [0.25, 0.3) is 0 Å². The SMILES string of the molecule is CC(C)OCCCNC(=O)[C@@]12CNC[C@@H]1CN(S(C)(=O)=O)C2. The van der Waals surface area contributed by atoms with E-state index in [1.165, 1.54) is 10.6 Å². The van der Waals surface area contributed by atoms with Crippen molar-refractivity contribution in [3.63, 3.8) is 0 Å². The van der Waals surface area contributed by atoms with E-state index in [9.17, 15) is 13.2 Å². The molecule has 2 aliphatic rings. The molecule has 0 unspecified atom stereocenters. The van der Waals surface area contributed by atoms with Gasteiger partial charge in [0.2, 0.25) is 15.9 Å². The fourth-order valence-corrected chi connectivity index (χ4v) is 4.13. The van der Waals surface area contributed by atoms with Crippen LogP contribution in [0.25, 0.3) is 0 Å². The highest BCUT2D eigenvalue weighted by Crippen LogP contribution is 2.40. The zero-order valence-corrected chi connectivity index (χ0v) is 14.4. The molecule has 8 heteroatoms. The summed E-state index contributed by atoms with van der Waals surface area (Å²) in [5.74, 6) is 0.00679. The van der Waals surface area contributed by atoms with E-state index in [0.717, 1.165) is 6.42 Å². The standard InChI is InChI=1S/C14H27N3O4S/c1-11(2)21-6-4-5-16-13(18)14-9-15-7-12(14)8-17(10-14)22(3,19)20/h11-12,15H,4-10H2,1-3H3,(H,16,18)/t12-,14-/m1/s1. The molecule has 0 saturated carbocycles. The quantitative estimate of drug-likeness (QED) is 0.608. The Morgan fingerprint density at radius 1 is 1.50 bits per heavy atom. The van der Waals surface area contributed by atoms with Crippen LogP contribution in [0.1, 0.15) is 20.3 Å². The molecule has 0 spiro atoms. The van der Waals surface area contributed by atoms with Crippen molar-refractivity contribution in [3.05, 3.63) is 0 Å². The molecular weight excluding hydrogens is 306 g/mol. The molecule has 2 fully saturated rings. The minimum atomic E-state index is -3.25. The maximum atomic E-state index is 12.6. The summed E-state index contributed by atoms with van der Waals surface area (Å²) >= 11 is 0. The second-order valence-electron chi connectivity index (χ2n) is 6.57. The predicted octanol–water partition coefficient (Wildman–Crippen LogP) is -0.601. The first kappa shape index (κ1) is 17.7. The van der Waals surface area contributed by atoms with E-state index in [2.05, 4.69) is 10.6 Å². The minimum Gasteiger partial charge on any atom is -0.379 e. The van der Waals surface area contributed by atoms with Crippen LogP contribution in [-0.4, -0.2) is 70.3 Å². The van der Waals surface area contributed by atoms with Crippen molar-refractivity contribution in [1.82, 2.24) is 14.9 Å². The van der Waals surface area contributed by atoms with Gasteiger partial charge in [0.15, 0.2) is 0 Å². The monoisotopic (exact) mass is 333 g/mol. The highest BCUT2D eigenvalue weighted by molar-refractivity contribution is 7.88. The van der Waals surface area contributed by atoms with Gasteiger partial charge >= 0.3 is 0 Å². The lowest BCUT2D eigenvalue weighted by atomic mass is 9.80. The van der Waals surface area contributed by atoms with E-state index in [1.807, 2.05) is 13.8 Å². The first-order valence-corrected chi connectivity index (χ1v) is 9.66. The number of hydrogen-bond acceptors (Lipinski definition) is 5. The third kappa shape index (κ3) is 3.79. The molecule has 2 heterocycles. The molecule has 7 nitrogen and oxygen atoms in total. The number of ether oxygens (including phenoxy) is 1. The van der Waals surface area contributed by atoms with Gasteiger partial charge in [-0.05, 0) is 20.3 Å². The van der Waals surface area contributed by atoms with Crippen LogP contribution >= 0.6 is 0 Å². The van der Waals surface area contributed by atoms with Gasteiger partial charge in [0, 0.05) is 45.2 Å². The topological polar surface area (TPSA) is 87.7 Å².